The lowest BCUT2D eigenvalue weighted by Gasteiger charge is -2.46. The summed E-state index contributed by atoms with van der Waals surface area (Å²) in [4.78, 5) is 27.6. The second kappa shape index (κ2) is 21.0. The van der Waals surface area contributed by atoms with Crippen LogP contribution >= 0.6 is 11.6 Å². The van der Waals surface area contributed by atoms with E-state index in [2.05, 4.69) is 4.98 Å². The number of aromatic nitrogens is 2. The second-order valence-electron chi connectivity index (χ2n) is 16.2. The van der Waals surface area contributed by atoms with Crippen LogP contribution in [-0.4, -0.2) is 28.6 Å². The van der Waals surface area contributed by atoms with Gasteiger partial charge in [0.1, 0.15) is 12.3 Å². The van der Waals surface area contributed by atoms with Crippen molar-refractivity contribution in [3.8, 4) is 0 Å². The van der Waals surface area contributed by atoms with E-state index >= 15 is 0 Å². The number of Topliss-reactive ketones (excluding diaryl/α,β-unsaturated/α-hetero) is 2. The third-order valence-corrected chi connectivity index (χ3v) is 11.3. The average Bonchev–Trinajstić information content (AvgIpc) is 3.29. The second-order valence-corrected chi connectivity index (χ2v) is 16.4. The van der Waals surface area contributed by atoms with Crippen LogP contribution in [0, 0.1) is 0 Å². The molecule has 0 aliphatic rings. The first-order valence-electron chi connectivity index (χ1n) is 20.3. The Balaban J connectivity index is 0.000000468. The van der Waals surface area contributed by atoms with Crippen molar-refractivity contribution in [3.05, 3.63) is 177 Å². The molecule has 76 heavy (non-hydrogen) atoms. The van der Waals surface area contributed by atoms with Gasteiger partial charge in [0.25, 0.3) is 5.69 Å². The fourth-order valence-electron chi connectivity index (χ4n) is 7.77. The number of hydrogen-bond donors (Lipinski definition) is 0. The highest BCUT2D eigenvalue weighted by Crippen LogP contribution is 2.41. The van der Waals surface area contributed by atoms with Gasteiger partial charge in [-0.1, -0.05) is 78.9 Å². The number of rotatable bonds is 9. The Kier molecular flexibility index (Phi) is 16.6. The van der Waals surface area contributed by atoms with Gasteiger partial charge in [-0.05, 0) is 24.3 Å². The van der Waals surface area contributed by atoms with Crippen LogP contribution in [0.1, 0.15) is 65.4 Å². The summed E-state index contributed by atoms with van der Waals surface area (Å²) in [5.74, 6) is -0.457. The van der Waals surface area contributed by atoms with Gasteiger partial charge >= 0.3 is 49.4 Å². The van der Waals surface area contributed by atoms with Gasteiger partial charge < -0.3 is 0 Å². The van der Waals surface area contributed by atoms with Crippen LogP contribution in [0.2, 0.25) is 0 Å². The number of hydrogen-bond acceptors (Lipinski definition) is 3. The molecular weight excluding hydrogens is 1110 g/mol. The Hall–Kier alpha value is -6.81. The van der Waals surface area contributed by atoms with Crippen molar-refractivity contribution in [1.82, 2.24) is 4.98 Å². The van der Waals surface area contributed by atoms with Gasteiger partial charge in [0.15, 0.2) is 6.20 Å². The minimum Gasteiger partial charge on any atom is -0.287 e. The molecular formula is C46H24BClF24N2O2. The third kappa shape index (κ3) is 13.8. The molecule has 4 nitrogen and oxygen atoms in total. The molecule has 1 aromatic heterocycles. The normalized spacial score (nSPS) is 13.3. The maximum Gasteiger partial charge on any atom is 0.416 e. The molecule has 0 atom stereocenters. The molecule has 0 bridgehead atoms. The summed E-state index contributed by atoms with van der Waals surface area (Å²) in [6.07, 6.45) is -50.3. The van der Waals surface area contributed by atoms with Crippen LogP contribution in [0.25, 0.3) is 0 Å². The lowest BCUT2D eigenvalue weighted by atomic mass is 9.12. The number of carbonyl (C=O) groups is 2. The maximum atomic E-state index is 14.2. The zero-order valence-corrected chi connectivity index (χ0v) is 37.5. The topological polar surface area (TPSA) is 50.9 Å². The van der Waals surface area contributed by atoms with Gasteiger partial charge in [0.05, 0.1) is 56.6 Å². The number of benzene rings is 5. The van der Waals surface area contributed by atoms with Gasteiger partial charge in [0.2, 0.25) is 18.1 Å². The molecule has 0 aliphatic carbocycles. The van der Waals surface area contributed by atoms with E-state index in [1.54, 1.807) is 35.0 Å². The Bertz CT molecular complexity index is 2660. The number of nitrogens with zero attached hydrogens (tertiary/aromatic N) is 2. The van der Waals surface area contributed by atoms with Crippen LogP contribution in [0.3, 0.4) is 0 Å². The summed E-state index contributed by atoms with van der Waals surface area (Å²) in [7, 11) is 0. The monoisotopic (exact) mass is 1140 g/mol. The third-order valence-electron chi connectivity index (χ3n) is 11.1. The molecule has 6 rings (SSSR count). The Morgan fingerprint density at radius 3 is 0.908 bits per heavy atom. The predicted octanol–water partition coefficient (Wildman–Crippen LogP) is 12.9. The molecule has 408 valence electrons. The molecule has 0 amide bonds. The lowest BCUT2D eigenvalue weighted by Crippen LogP contribution is -2.75. The van der Waals surface area contributed by atoms with Gasteiger partial charge in [-0.25, -0.2) is 0 Å². The maximum absolute atomic E-state index is 14.2. The van der Waals surface area contributed by atoms with E-state index in [0.717, 1.165) is 0 Å². The smallest absolute Gasteiger partial charge is 0.287 e. The van der Waals surface area contributed by atoms with E-state index in [9.17, 15) is 115 Å². The summed E-state index contributed by atoms with van der Waals surface area (Å²) in [5, 5.41) is 0. The van der Waals surface area contributed by atoms with Gasteiger partial charge in [-0.3, -0.25) is 14.6 Å². The molecule has 6 aromatic rings. The summed E-state index contributed by atoms with van der Waals surface area (Å²) in [5.41, 5.74) is -29.3. The van der Waals surface area contributed by atoms with Crippen molar-refractivity contribution in [1.29, 1.82) is 0 Å². The zero-order chi connectivity index (χ0) is 57.6. The van der Waals surface area contributed by atoms with Crippen molar-refractivity contribution < 1.29 is 120 Å². The first-order valence-corrected chi connectivity index (χ1v) is 20.9. The Labute approximate surface area is 414 Å². The molecule has 30 heteroatoms. The molecule has 1 heterocycles. The summed E-state index contributed by atoms with van der Waals surface area (Å²) in [6, 6.07) is 0.124. The first-order chi connectivity index (χ1) is 34.5. The first kappa shape index (κ1) is 60.1. The van der Waals surface area contributed by atoms with E-state index in [1.165, 1.54) is 12.4 Å². The molecule has 0 radical (unpaired) electrons. The molecule has 0 saturated heterocycles. The fraction of sp³-hybridized carbons (Fsp3) is 0.217. The predicted molar refractivity (Wildman–Crippen MR) is 220 cm³/mol. The minimum absolute atomic E-state index is 0.0691. The molecule has 0 saturated carbocycles. The largest absolute Gasteiger partial charge is 0.416 e. The molecule has 0 unspecified atom stereocenters. The summed E-state index contributed by atoms with van der Waals surface area (Å²) in [6.45, 7) is 0.0878. The van der Waals surface area contributed by atoms with Crippen molar-refractivity contribution in [2.24, 2.45) is 0 Å². The van der Waals surface area contributed by atoms with Gasteiger partial charge in [-0.15, -0.1) is 11.6 Å². The number of alkyl halides is 25. The minimum atomic E-state index is -6.13. The fourth-order valence-corrected chi connectivity index (χ4v) is 7.90. The van der Waals surface area contributed by atoms with Crippen LogP contribution in [0.5, 0.6) is 0 Å². The highest BCUT2D eigenvalue weighted by molar-refractivity contribution is 7.20. The van der Waals surface area contributed by atoms with Gasteiger partial charge in [-0.2, -0.15) is 132 Å². The zero-order valence-electron chi connectivity index (χ0n) is 36.7. The number of halogens is 25. The standard InChI is InChI=1S/C32H12BF24.C14H12ClN2O2/c34-25(35,36)13-1-14(26(37,38)39)6-21(5-13)33(22-7-15(27(40,41)42)2-16(8-22)28(43,44)45,23-9-17(29(46,47)48)3-18(10-23)30(49,50)51)24-11-19(31(52,53)54)4-20(12-24)32(55,56)57;15-8-13(18)12-9-16-6-7-17(12)10-14(19)11-4-2-1-3-5-11/h1-12H;1-7,9H,8,10H2/q-1;+1. The van der Waals surface area contributed by atoms with Crippen molar-refractivity contribution in [3.63, 3.8) is 0 Å². The van der Waals surface area contributed by atoms with E-state index in [1.807, 2.05) is 6.07 Å². The Morgan fingerprint density at radius 1 is 0.408 bits per heavy atom. The number of ketones is 2. The SMILES string of the molecule is FC(F)(F)c1cc([B-](c2cc(C(F)(F)F)cc(C(F)(F)F)c2)(c2cc(C(F)(F)F)cc(C(F)(F)F)c2)c2cc(C(F)(F)F)cc(C(F)(F)F)c2)cc(C(F)(F)F)c1.O=C(C[n+]1ccncc1C(=O)CCl)c1ccccc1. The molecule has 0 aliphatic heterocycles. The van der Waals surface area contributed by atoms with Crippen molar-refractivity contribution in [2.75, 3.05) is 5.88 Å². The van der Waals surface area contributed by atoms with E-state index in [-0.39, 0.29) is 24.0 Å². The molecule has 5 aromatic carbocycles. The van der Waals surface area contributed by atoms with Crippen molar-refractivity contribution in [2.45, 2.75) is 56.0 Å². The quantitative estimate of drug-likeness (QED) is 0.0477. The number of carbonyl (C=O) groups excluding carboxylic acids is 2. The molecule has 0 spiro atoms. The average molecular weight is 1140 g/mol. The van der Waals surface area contributed by atoms with Crippen LogP contribution in [-0.2, 0) is 56.0 Å². The van der Waals surface area contributed by atoms with E-state index < -0.39 is 195 Å². The molecule has 0 fully saturated rings. The van der Waals surface area contributed by atoms with E-state index in [0.29, 0.717) is 11.3 Å². The van der Waals surface area contributed by atoms with Gasteiger partial charge in [0, 0.05) is 5.56 Å². The lowest BCUT2D eigenvalue weighted by molar-refractivity contribution is -0.685. The Morgan fingerprint density at radius 2 is 0.671 bits per heavy atom. The van der Waals surface area contributed by atoms with Crippen molar-refractivity contribution >= 4 is 51.2 Å². The van der Waals surface area contributed by atoms with Crippen LogP contribution < -0.4 is 26.4 Å². The highest BCUT2D eigenvalue weighted by atomic mass is 35.5. The van der Waals surface area contributed by atoms with Crippen LogP contribution in [0.15, 0.2) is 122 Å². The highest BCUT2D eigenvalue weighted by Gasteiger charge is 2.47. The summed E-state index contributed by atoms with van der Waals surface area (Å²) < 4.78 is 342. The van der Waals surface area contributed by atoms with E-state index in [4.69, 9.17) is 11.6 Å². The molecule has 0 N–H and O–H groups in total. The summed E-state index contributed by atoms with van der Waals surface area (Å²) >= 11 is 5.54. The van der Waals surface area contributed by atoms with Crippen LogP contribution in [0.4, 0.5) is 105 Å².